The molecule has 0 saturated carbocycles. The van der Waals surface area contributed by atoms with Crippen molar-refractivity contribution >= 4 is 23.5 Å². The first-order valence-electron chi connectivity index (χ1n) is 9.56. The summed E-state index contributed by atoms with van der Waals surface area (Å²) in [5.74, 6) is 0.162. The van der Waals surface area contributed by atoms with Crippen LogP contribution in [0.5, 0.6) is 0 Å². The number of hydrogen-bond acceptors (Lipinski definition) is 5. The second kappa shape index (κ2) is 8.37. The molecule has 2 N–H and O–H groups in total. The molecule has 148 valence electrons. The topological polar surface area (TPSA) is 95.4 Å². The fraction of sp³-hybridized carbons (Fsp3) is 0.429. The molecule has 0 aliphatic carbocycles. The zero-order valence-corrected chi connectivity index (χ0v) is 16.3. The summed E-state index contributed by atoms with van der Waals surface area (Å²) in [5, 5.41) is 12.1. The van der Waals surface area contributed by atoms with Crippen LogP contribution >= 0.6 is 0 Å². The van der Waals surface area contributed by atoms with E-state index < -0.39 is 11.4 Å². The molecule has 0 atom stereocenters. The van der Waals surface area contributed by atoms with E-state index in [0.717, 1.165) is 37.3 Å². The molecule has 7 nitrogen and oxygen atoms in total. The average molecular weight is 382 g/mol. The van der Waals surface area contributed by atoms with Gasteiger partial charge in [0.25, 0.3) is 0 Å². The maximum absolute atomic E-state index is 12.4. The molecule has 1 saturated heterocycles. The number of hydrogen-bond donors (Lipinski definition) is 2. The van der Waals surface area contributed by atoms with Crippen molar-refractivity contribution in [1.29, 1.82) is 0 Å². The van der Waals surface area contributed by atoms with Crippen LogP contribution in [0.4, 0.5) is 11.6 Å². The van der Waals surface area contributed by atoms with E-state index in [0.29, 0.717) is 11.4 Å². The molecule has 1 aromatic heterocycles. The summed E-state index contributed by atoms with van der Waals surface area (Å²) in [5.41, 5.74) is 0.539. The Hall–Kier alpha value is -2.96. The van der Waals surface area contributed by atoms with Gasteiger partial charge in [0.2, 0.25) is 5.91 Å². The molecule has 2 aromatic rings. The zero-order valence-electron chi connectivity index (χ0n) is 16.3. The van der Waals surface area contributed by atoms with Crippen molar-refractivity contribution in [3.05, 3.63) is 47.8 Å². The normalized spacial score (nSPS) is 14.6. The highest BCUT2D eigenvalue weighted by Crippen LogP contribution is 2.24. The van der Waals surface area contributed by atoms with E-state index in [-0.39, 0.29) is 12.3 Å². The fourth-order valence-corrected chi connectivity index (χ4v) is 3.23. The summed E-state index contributed by atoms with van der Waals surface area (Å²) in [4.78, 5) is 34.6. The molecule has 3 rings (SSSR count). The van der Waals surface area contributed by atoms with E-state index in [9.17, 15) is 14.7 Å². The summed E-state index contributed by atoms with van der Waals surface area (Å²) in [7, 11) is 0. The lowest BCUT2D eigenvalue weighted by molar-refractivity contribution is -0.142. The number of rotatable bonds is 6. The number of carboxylic acid groups (broad SMARTS) is 1. The number of carbonyl (C=O) groups is 2. The van der Waals surface area contributed by atoms with Crippen molar-refractivity contribution in [3.63, 3.8) is 0 Å². The van der Waals surface area contributed by atoms with Gasteiger partial charge in [-0.25, -0.2) is 4.98 Å². The van der Waals surface area contributed by atoms with Crippen molar-refractivity contribution < 1.29 is 14.7 Å². The number of amides is 1. The molecule has 1 aromatic carbocycles. The van der Waals surface area contributed by atoms with Crippen molar-refractivity contribution in [2.24, 2.45) is 0 Å². The van der Waals surface area contributed by atoms with Crippen molar-refractivity contribution in [2.75, 3.05) is 23.3 Å². The van der Waals surface area contributed by atoms with Gasteiger partial charge in [-0.05, 0) is 44.2 Å². The van der Waals surface area contributed by atoms with Gasteiger partial charge in [0, 0.05) is 13.1 Å². The first kappa shape index (κ1) is 19.8. The van der Waals surface area contributed by atoms with Gasteiger partial charge in [-0.3, -0.25) is 14.6 Å². The van der Waals surface area contributed by atoms with Gasteiger partial charge in [-0.15, -0.1) is 0 Å². The van der Waals surface area contributed by atoms with Gasteiger partial charge < -0.3 is 15.3 Å². The van der Waals surface area contributed by atoms with E-state index >= 15 is 0 Å². The molecule has 1 aliphatic rings. The molecule has 0 bridgehead atoms. The highest BCUT2D eigenvalue weighted by atomic mass is 16.4. The largest absolute Gasteiger partial charge is 0.481 e. The van der Waals surface area contributed by atoms with Gasteiger partial charge >= 0.3 is 5.97 Å². The predicted molar refractivity (Wildman–Crippen MR) is 108 cm³/mol. The summed E-state index contributed by atoms with van der Waals surface area (Å²) < 4.78 is 0. The third kappa shape index (κ3) is 4.65. The Labute approximate surface area is 164 Å². The third-order valence-electron chi connectivity index (χ3n) is 5.14. The number of piperidine rings is 1. The first-order chi connectivity index (χ1) is 13.4. The van der Waals surface area contributed by atoms with Crippen LogP contribution in [-0.2, 0) is 21.4 Å². The SMILES string of the molecule is CC(C)(C(=O)O)c1ccc(CC(=O)Nc2cncc(N3CCCCC3)n2)cc1. The first-order valence-corrected chi connectivity index (χ1v) is 9.56. The summed E-state index contributed by atoms with van der Waals surface area (Å²) in [6.07, 6.45) is 6.99. The van der Waals surface area contributed by atoms with E-state index in [2.05, 4.69) is 20.2 Å². The molecule has 1 amide bonds. The van der Waals surface area contributed by atoms with Crippen LogP contribution in [0, 0.1) is 0 Å². The lowest BCUT2D eigenvalue weighted by Crippen LogP contribution is -2.30. The second-order valence-electron chi connectivity index (χ2n) is 7.66. The second-order valence-corrected chi connectivity index (χ2v) is 7.66. The standard InChI is InChI=1S/C21H26N4O3/c1-21(2,20(27)28)16-8-6-15(7-9-16)12-19(26)24-17-13-22-14-18(23-17)25-10-4-3-5-11-25/h6-9,13-14H,3-5,10-12H2,1-2H3,(H,27,28)(H,23,24,26). The Bertz CT molecular complexity index is 843. The Balaban J connectivity index is 1.62. The fourth-order valence-electron chi connectivity index (χ4n) is 3.23. The number of anilines is 2. The van der Waals surface area contributed by atoms with Crippen molar-refractivity contribution in [1.82, 2.24) is 9.97 Å². The molecule has 1 fully saturated rings. The average Bonchev–Trinajstić information content (AvgIpc) is 2.69. The minimum Gasteiger partial charge on any atom is -0.481 e. The maximum atomic E-state index is 12.4. The Morgan fingerprint density at radius 1 is 1.11 bits per heavy atom. The molecule has 0 spiro atoms. The minimum atomic E-state index is -0.967. The highest BCUT2D eigenvalue weighted by Gasteiger charge is 2.29. The molecular weight excluding hydrogens is 356 g/mol. The predicted octanol–water partition coefficient (Wildman–Crippen LogP) is 3.01. The molecule has 28 heavy (non-hydrogen) atoms. The van der Waals surface area contributed by atoms with Crippen LogP contribution < -0.4 is 10.2 Å². The smallest absolute Gasteiger partial charge is 0.313 e. The molecule has 1 aliphatic heterocycles. The lowest BCUT2D eigenvalue weighted by Gasteiger charge is -2.27. The Morgan fingerprint density at radius 3 is 2.43 bits per heavy atom. The van der Waals surface area contributed by atoms with E-state index in [1.807, 2.05) is 0 Å². The molecule has 2 heterocycles. The van der Waals surface area contributed by atoms with E-state index in [1.165, 1.54) is 6.42 Å². The third-order valence-corrected chi connectivity index (χ3v) is 5.14. The molecule has 0 radical (unpaired) electrons. The van der Waals surface area contributed by atoms with E-state index in [4.69, 9.17) is 0 Å². The van der Waals surface area contributed by atoms with Gasteiger partial charge in [0.15, 0.2) is 5.82 Å². The number of nitrogens with zero attached hydrogens (tertiary/aromatic N) is 3. The van der Waals surface area contributed by atoms with Gasteiger partial charge in [0.1, 0.15) is 5.82 Å². The van der Waals surface area contributed by atoms with Crippen LogP contribution in [0.1, 0.15) is 44.2 Å². The van der Waals surface area contributed by atoms with Gasteiger partial charge in [-0.2, -0.15) is 0 Å². The Kier molecular flexibility index (Phi) is 5.92. The summed E-state index contributed by atoms with van der Waals surface area (Å²) >= 11 is 0. The zero-order chi connectivity index (χ0) is 20.1. The maximum Gasteiger partial charge on any atom is 0.313 e. The summed E-state index contributed by atoms with van der Waals surface area (Å²) in [6, 6.07) is 7.09. The summed E-state index contributed by atoms with van der Waals surface area (Å²) in [6.45, 7) is 5.24. The van der Waals surface area contributed by atoms with Crippen molar-refractivity contribution in [3.8, 4) is 0 Å². The van der Waals surface area contributed by atoms with Crippen LogP contribution in [0.3, 0.4) is 0 Å². The Morgan fingerprint density at radius 2 is 1.79 bits per heavy atom. The van der Waals surface area contributed by atoms with Gasteiger partial charge in [-0.1, -0.05) is 24.3 Å². The highest BCUT2D eigenvalue weighted by molar-refractivity contribution is 5.91. The number of benzene rings is 1. The molecular formula is C21H26N4O3. The monoisotopic (exact) mass is 382 g/mol. The molecule has 7 heteroatoms. The number of carboxylic acids is 1. The quantitative estimate of drug-likeness (QED) is 0.797. The number of carbonyl (C=O) groups excluding carboxylic acids is 1. The minimum absolute atomic E-state index is 0.184. The number of aliphatic carboxylic acids is 1. The van der Waals surface area contributed by atoms with Crippen LogP contribution in [0.2, 0.25) is 0 Å². The van der Waals surface area contributed by atoms with Crippen LogP contribution in [0.25, 0.3) is 0 Å². The van der Waals surface area contributed by atoms with Crippen LogP contribution in [-0.4, -0.2) is 40.0 Å². The van der Waals surface area contributed by atoms with Crippen molar-refractivity contribution in [2.45, 2.75) is 44.9 Å². The lowest BCUT2D eigenvalue weighted by atomic mass is 9.84. The van der Waals surface area contributed by atoms with Crippen LogP contribution in [0.15, 0.2) is 36.7 Å². The van der Waals surface area contributed by atoms with Gasteiger partial charge in [0.05, 0.1) is 24.2 Å². The molecule has 0 unspecified atom stereocenters. The number of aromatic nitrogens is 2. The number of nitrogens with one attached hydrogen (secondary N) is 1. The van der Waals surface area contributed by atoms with E-state index in [1.54, 1.807) is 50.5 Å².